The van der Waals surface area contributed by atoms with E-state index in [0.717, 1.165) is 15.6 Å². The highest BCUT2D eigenvalue weighted by Crippen LogP contribution is 2.14. The van der Waals surface area contributed by atoms with Crippen LogP contribution in [0, 0.1) is 0 Å². The van der Waals surface area contributed by atoms with E-state index in [2.05, 4.69) is 26.3 Å². The Morgan fingerprint density at radius 2 is 1.85 bits per heavy atom. The molecule has 2 aromatic heterocycles. The first-order chi connectivity index (χ1) is 12.7. The van der Waals surface area contributed by atoms with Gasteiger partial charge in [-0.25, -0.2) is 4.68 Å². The number of para-hydroxylation sites is 1. The normalized spacial score (nSPS) is 11.1. The van der Waals surface area contributed by atoms with Gasteiger partial charge in [-0.15, -0.1) is 5.10 Å². The van der Waals surface area contributed by atoms with Crippen LogP contribution in [0.25, 0.3) is 21.8 Å². The second kappa shape index (κ2) is 6.79. The second-order valence-electron chi connectivity index (χ2n) is 5.99. The van der Waals surface area contributed by atoms with Crippen LogP contribution in [-0.2, 0) is 17.9 Å². The number of aromatic nitrogens is 4. The molecule has 1 N–H and O–H groups in total. The summed E-state index contributed by atoms with van der Waals surface area (Å²) in [4.78, 5) is 24.5. The van der Waals surface area contributed by atoms with Gasteiger partial charge in [0.2, 0.25) is 5.91 Å². The number of amides is 1. The third kappa shape index (κ3) is 3.06. The molecule has 0 fully saturated rings. The maximum Gasteiger partial charge on any atom is 0.278 e. The molecule has 4 rings (SSSR count). The highest BCUT2D eigenvalue weighted by Gasteiger charge is 2.09. The molecule has 0 radical (unpaired) electrons. The molecule has 0 aliphatic heterocycles. The number of nitrogens with zero attached hydrogens (tertiary/aromatic N) is 4. The Morgan fingerprint density at radius 1 is 1.04 bits per heavy atom. The zero-order valence-electron chi connectivity index (χ0n) is 14.0. The topological polar surface area (TPSA) is 81.8 Å². The van der Waals surface area contributed by atoms with E-state index in [-0.39, 0.29) is 18.0 Å². The van der Waals surface area contributed by atoms with E-state index < -0.39 is 0 Å². The number of rotatable bonds is 5. The zero-order chi connectivity index (χ0) is 17.9. The first-order valence-corrected chi connectivity index (χ1v) is 8.35. The largest absolute Gasteiger partial charge is 0.353 e. The Labute approximate surface area is 148 Å². The Kier molecular flexibility index (Phi) is 4.18. The molecule has 1 amide bonds. The van der Waals surface area contributed by atoms with Gasteiger partial charge in [-0.2, -0.15) is 0 Å². The van der Waals surface area contributed by atoms with Crippen LogP contribution in [0.3, 0.4) is 0 Å². The molecule has 26 heavy (non-hydrogen) atoms. The summed E-state index contributed by atoms with van der Waals surface area (Å²) in [7, 11) is 0. The highest BCUT2D eigenvalue weighted by atomic mass is 16.2. The van der Waals surface area contributed by atoms with Crippen LogP contribution in [0.15, 0.2) is 65.6 Å². The minimum absolute atomic E-state index is 0.150. The molecule has 0 aliphatic rings. The average Bonchev–Trinajstić information content (AvgIpc) is 3.08. The van der Waals surface area contributed by atoms with Crippen molar-refractivity contribution in [3.63, 3.8) is 0 Å². The lowest BCUT2D eigenvalue weighted by molar-refractivity contribution is -0.121. The lowest BCUT2D eigenvalue weighted by Gasteiger charge is -2.08. The number of benzene rings is 2. The fourth-order valence-corrected chi connectivity index (χ4v) is 2.97. The van der Waals surface area contributed by atoms with Gasteiger partial charge in [-0.3, -0.25) is 9.59 Å². The van der Waals surface area contributed by atoms with Crippen LogP contribution in [-0.4, -0.2) is 32.0 Å². The number of hydrogen-bond donors (Lipinski definition) is 1. The summed E-state index contributed by atoms with van der Waals surface area (Å²) in [5, 5.41) is 12.3. The SMILES string of the molecule is O=C(Cn1nnc2ccccc2c1=O)NCCn1ccc2ccccc21. The maximum absolute atomic E-state index is 12.3. The minimum Gasteiger partial charge on any atom is -0.353 e. The van der Waals surface area contributed by atoms with Crippen molar-refractivity contribution in [2.75, 3.05) is 6.54 Å². The van der Waals surface area contributed by atoms with Gasteiger partial charge >= 0.3 is 0 Å². The summed E-state index contributed by atoms with van der Waals surface area (Å²) in [5.41, 5.74) is 1.33. The van der Waals surface area contributed by atoms with E-state index >= 15 is 0 Å². The summed E-state index contributed by atoms with van der Waals surface area (Å²) in [6, 6.07) is 17.1. The number of nitrogens with one attached hydrogen (secondary N) is 1. The quantitative estimate of drug-likeness (QED) is 0.594. The molecule has 0 atom stereocenters. The molecule has 0 bridgehead atoms. The third-order valence-corrected chi connectivity index (χ3v) is 4.28. The third-order valence-electron chi connectivity index (χ3n) is 4.28. The molecule has 4 aromatic rings. The predicted octanol–water partition coefficient (Wildman–Crippen LogP) is 1.56. The van der Waals surface area contributed by atoms with Crippen LogP contribution in [0.4, 0.5) is 0 Å². The van der Waals surface area contributed by atoms with Gasteiger partial charge in [0, 0.05) is 24.8 Å². The molecule has 2 heterocycles. The van der Waals surface area contributed by atoms with Crippen molar-refractivity contribution in [3.05, 3.63) is 71.1 Å². The van der Waals surface area contributed by atoms with Crippen molar-refractivity contribution in [2.45, 2.75) is 13.1 Å². The minimum atomic E-state index is -0.317. The van der Waals surface area contributed by atoms with Crippen LogP contribution in [0.2, 0.25) is 0 Å². The molecule has 0 unspecified atom stereocenters. The lowest BCUT2D eigenvalue weighted by atomic mass is 10.2. The van der Waals surface area contributed by atoms with Crippen molar-refractivity contribution >= 4 is 27.7 Å². The molecule has 0 aliphatic carbocycles. The molecule has 130 valence electrons. The predicted molar refractivity (Wildman–Crippen MR) is 98.7 cm³/mol. The lowest BCUT2D eigenvalue weighted by Crippen LogP contribution is -2.35. The van der Waals surface area contributed by atoms with E-state index in [1.54, 1.807) is 24.3 Å². The Morgan fingerprint density at radius 3 is 2.77 bits per heavy atom. The first-order valence-electron chi connectivity index (χ1n) is 8.35. The highest BCUT2D eigenvalue weighted by molar-refractivity contribution is 5.80. The van der Waals surface area contributed by atoms with Gasteiger partial charge in [0.25, 0.3) is 5.56 Å². The summed E-state index contributed by atoms with van der Waals surface area (Å²) in [5.74, 6) is -0.270. The van der Waals surface area contributed by atoms with Gasteiger partial charge in [0.15, 0.2) is 0 Å². The smallest absolute Gasteiger partial charge is 0.278 e. The molecule has 7 nitrogen and oxygen atoms in total. The number of hydrogen-bond acceptors (Lipinski definition) is 4. The molecule has 7 heteroatoms. The van der Waals surface area contributed by atoms with E-state index in [9.17, 15) is 9.59 Å². The number of carbonyl (C=O) groups is 1. The van der Waals surface area contributed by atoms with Gasteiger partial charge in [0.1, 0.15) is 12.1 Å². The van der Waals surface area contributed by atoms with Crippen molar-refractivity contribution < 1.29 is 4.79 Å². The van der Waals surface area contributed by atoms with Gasteiger partial charge in [-0.05, 0) is 29.7 Å². The molecule has 0 spiro atoms. The number of carbonyl (C=O) groups excluding carboxylic acids is 1. The van der Waals surface area contributed by atoms with Crippen molar-refractivity contribution in [2.24, 2.45) is 0 Å². The van der Waals surface area contributed by atoms with Crippen molar-refractivity contribution in [3.8, 4) is 0 Å². The van der Waals surface area contributed by atoms with Gasteiger partial charge in [-0.1, -0.05) is 35.5 Å². The summed E-state index contributed by atoms with van der Waals surface area (Å²) in [6.45, 7) is 0.966. The summed E-state index contributed by atoms with van der Waals surface area (Å²) < 4.78 is 3.17. The summed E-state index contributed by atoms with van der Waals surface area (Å²) in [6.07, 6.45) is 2.00. The van der Waals surface area contributed by atoms with Gasteiger partial charge in [0.05, 0.1) is 5.39 Å². The Balaban J connectivity index is 1.40. The van der Waals surface area contributed by atoms with E-state index in [1.165, 1.54) is 0 Å². The number of fused-ring (bicyclic) bond motifs is 2. The zero-order valence-corrected chi connectivity index (χ0v) is 14.0. The fourth-order valence-electron chi connectivity index (χ4n) is 2.97. The maximum atomic E-state index is 12.3. The summed E-state index contributed by atoms with van der Waals surface area (Å²) >= 11 is 0. The van der Waals surface area contributed by atoms with Crippen LogP contribution in [0.5, 0.6) is 0 Å². The van der Waals surface area contributed by atoms with E-state index in [0.29, 0.717) is 24.0 Å². The molecule has 0 saturated carbocycles. The van der Waals surface area contributed by atoms with Crippen molar-refractivity contribution in [1.29, 1.82) is 0 Å². The molecule has 0 saturated heterocycles. The Hall–Kier alpha value is -3.48. The first kappa shape index (κ1) is 16.0. The van der Waals surface area contributed by atoms with E-state index in [4.69, 9.17) is 0 Å². The van der Waals surface area contributed by atoms with E-state index in [1.807, 2.05) is 30.5 Å². The molecular formula is C19H17N5O2. The second-order valence-corrected chi connectivity index (χ2v) is 5.99. The Bertz CT molecular complexity index is 1150. The van der Waals surface area contributed by atoms with Crippen LogP contribution >= 0.6 is 0 Å². The average molecular weight is 347 g/mol. The molecule has 2 aromatic carbocycles. The molecular weight excluding hydrogens is 330 g/mol. The standard InChI is InChI=1S/C19H17N5O2/c25-18(13-24-19(26)15-6-2-3-7-16(15)21-22-24)20-10-12-23-11-9-14-5-1-4-8-17(14)23/h1-9,11H,10,12-13H2,(H,20,25). The van der Waals surface area contributed by atoms with Crippen LogP contribution < -0.4 is 10.9 Å². The van der Waals surface area contributed by atoms with Gasteiger partial charge < -0.3 is 9.88 Å². The van der Waals surface area contributed by atoms with Crippen molar-refractivity contribution in [1.82, 2.24) is 24.9 Å². The monoisotopic (exact) mass is 347 g/mol. The van der Waals surface area contributed by atoms with Crippen LogP contribution in [0.1, 0.15) is 0 Å². The fraction of sp³-hybridized carbons (Fsp3) is 0.158.